The number of benzene rings is 3. The van der Waals surface area contributed by atoms with Crippen LogP contribution in [0.25, 0.3) is 4.85 Å². The third kappa shape index (κ3) is 8.31. The van der Waals surface area contributed by atoms with Crippen LogP contribution in [0.4, 0.5) is 0 Å². The maximum atomic E-state index is 14.1. The molecule has 2 heterocycles. The fourth-order valence-corrected chi connectivity index (χ4v) is 12.5. The van der Waals surface area contributed by atoms with E-state index in [2.05, 4.69) is 4.85 Å². The Kier molecular flexibility index (Phi) is 12.9. The molecular weight excluding hydrogens is 749 g/mol. The van der Waals surface area contributed by atoms with Crippen molar-refractivity contribution in [2.75, 3.05) is 6.61 Å². The molecule has 2 aliphatic rings. The number of fused-ring (bicyclic) bond motifs is 2. The molecule has 2 aliphatic heterocycles. The Bertz CT molecular complexity index is 2060. The van der Waals surface area contributed by atoms with Crippen molar-refractivity contribution in [3.05, 3.63) is 96.7 Å². The summed E-state index contributed by atoms with van der Waals surface area (Å²) in [6.07, 6.45) is 2.86. The first kappa shape index (κ1) is 38.4. The lowest BCUT2D eigenvalue weighted by Gasteiger charge is -2.19. The van der Waals surface area contributed by atoms with Crippen LogP contribution in [0.1, 0.15) is 52.0 Å². The summed E-state index contributed by atoms with van der Waals surface area (Å²) in [5, 5.41) is 0. The van der Waals surface area contributed by atoms with Crippen LogP contribution < -0.4 is 15.2 Å². The number of primary amides is 1. The minimum absolute atomic E-state index is 0.0629. The Balaban J connectivity index is 1.76. The summed E-state index contributed by atoms with van der Waals surface area (Å²) in [4.78, 5) is 44.0. The first-order valence-corrected chi connectivity index (χ1v) is 20.8. The Hall–Kier alpha value is -3.81. The molecule has 0 radical (unpaired) electrons. The SMILES string of the molecule is [C-]#[N+]/C(C(N)=O)=C1\Sc2c(OCc3ccccc3)c3c(c(OC(=O)C(CC)CCCC)c2S1)S/C(=C(/C(=O)OCC)S(=O)(=O)c1ccccc1)S3. The molecular formula is C36H34N2O8S5. The second kappa shape index (κ2) is 17.1. The quantitative estimate of drug-likeness (QED) is 0.0724. The maximum absolute atomic E-state index is 14.1. The van der Waals surface area contributed by atoms with Gasteiger partial charge in [-0.25, -0.2) is 18.1 Å². The van der Waals surface area contributed by atoms with Crippen LogP contribution in [-0.4, -0.2) is 32.9 Å². The van der Waals surface area contributed by atoms with Gasteiger partial charge in [0.15, 0.2) is 10.7 Å². The number of hydrogen-bond acceptors (Lipinski definition) is 12. The topological polar surface area (TPSA) is 143 Å². The van der Waals surface area contributed by atoms with E-state index in [0.29, 0.717) is 42.4 Å². The molecule has 15 heteroatoms. The number of sulfone groups is 1. The molecule has 1 unspecified atom stereocenters. The first-order valence-electron chi connectivity index (χ1n) is 16.0. The van der Waals surface area contributed by atoms with E-state index in [1.807, 2.05) is 44.2 Å². The lowest BCUT2D eigenvalue weighted by Crippen LogP contribution is -2.20. The van der Waals surface area contributed by atoms with E-state index in [9.17, 15) is 22.8 Å². The Labute approximate surface area is 314 Å². The summed E-state index contributed by atoms with van der Waals surface area (Å²) >= 11 is 4.10. The summed E-state index contributed by atoms with van der Waals surface area (Å²) < 4.78 is 46.6. The molecule has 1 amide bonds. The largest absolute Gasteiger partial charge is 0.486 e. The highest BCUT2D eigenvalue weighted by molar-refractivity contribution is 8.26. The zero-order chi connectivity index (χ0) is 36.7. The van der Waals surface area contributed by atoms with Crippen LogP contribution in [0.2, 0.25) is 0 Å². The predicted octanol–water partition coefficient (Wildman–Crippen LogP) is 8.56. The Morgan fingerprint density at radius 3 is 1.94 bits per heavy atom. The summed E-state index contributed by atoms with van der Waals surface area (Å²) in [7, 11) is -4.39. The fourth-order valence-electron chi connectivity index (χ4n) is 5.09. The van der Waals surface area contributed by atoms with Crippen molar-refractivity contribution < 1.29 is 37.0 Å². The van der Waals surface area contributed by atoms with Gasteiger partial charge in [0.25, 0.3) is 5.70 Å². The van der Waals surface area contributed by atoms with Crippen LogP contribution in [-0.2, 0) is 35.6 Å². The van der Waals surface area contributed by atoms with Gasteiger partial charge in [-0.1, -0.05) is 122 Å². The standard InChI is InChI=1S/C36H34N2O8S5/c1-5-8-17-22(6-2)33(40)46-26-29-27(47-35(48-29)24(38-4)32(37)39)25(45-20-21-15-11-9-12-16-21)28-30(26)50-36(49-28)31(34(41)44-7-3)51(42,43)23-18-13-10-14-19-23/h9-16,18-19,22H,5-8,17,20H2,1-3H3,(H2,37,39)/b35-24+,36-31-. The normalized spacial score (nSPS) is 16.0. The van der Waals surface area contributed by atoms with Gasteiger partial charge in [0.1, 0.15) is 12.4 Å². The van der Waals surface area contributed by atoms with Gasteiger partial charge in [-0.15, -0.1) is 0 Å². The van der Waals surface area contributed by atoms with Crippen LogP contribution in [0, 0.1) is 12.5 Å². The molecule has 266 valence electrons. The molecule has 0 bridgehead atoms. The smallest absolute Gasteiger partial charge is 0.351 e. The van der Waals surface area contributed by atoms with Gasteiger partial charge in [0, 0.05) is 0 Å². The van der Waals surface area contributed by atoms with Crippen molar-refractivity contribution in [3.63, 3.8) is 0 Å². The second-order valence-electron chi connectivity index (χ2n) is 11.1. The van der Waals surface area contributed by atoms with Crippen LogP contribution >= 0.6 is 47.0 Å². The van der Waals surface area contributed by atoms with Crippen LogP contribution in [0.15, 0.2) is 104 Å². The summed E-state index contributed by atoms with van der Waals surface area (Å²) in [5.74, 6) is -2.37. The molecule has 3 aromatic carbocycles. The minimum atomic E-state index is -4.39. The molecule has 3 aromatic rings. The molecule has 0 spiro atoms. The van der Waals surface area contributed by atoms with E-state index in [4.69, 9.17) is 26.5 Å². The lowest BCUT2D eigenvalue weighted by molar-refractivity contribution is -0.140. The molecule has 0 saturated carbocycles. The highest BCUT2D eigenvalue weighted by atomic mass is 32.2. The predicted molar refractivity (Wildman–Crippen MR) is 200 cm³/mol. The number of ether oxygens (including phenoxy) is 3. The van der Waals surface area contributed by atoms with Gasteiger partial charge in [0.2, 0.25) is 15.7 Å². The second-order valence-corrected chi connectivity index (χ2v) is 17.6. The van der Waals surface area contributed by atoms with Crippen molar-refractivity contribution >= 4 is 74.7 Å². The van der Waals surface area contributed by atoms with E-state index in [0.717, 1.165) is 65.5 Å². The third-order valence-electron chi connectivity index (χ3n) is 7.68. The van der Waals surface area contributed by atoms with E-state index in [-0.39, 0.29) is 33.8 Å². The average molecular weight is 783 g/mol. The van der Waals surface area contributed by atoms with Crippen LogP contribution in [0.5, 0.6) is 11.5 Å². The zero-order valence-corrected chi connectivity index (χ0v) is 32.0. The van der Waals surface area contributed by atoms with Gasteiger partial charge in [-0.2, -0.15) is 0 Å². The number of unbranched alkanes of at least 4 members (excludes halogenated alkanes) is 1. The number of rotatable bonds is 14. The number of hydrogen-bond donors (Lipinski definition) is 1. The van der Waals surface area contributed by atoms with Crippen molar-refractivity contribution in [1.29, 1.82) is 0 Å². The van der Waals surface area contributed by atoms with Crippen molar-refractivity contribution in [1.82, 2.24) is 0 Å². The molecule has 0 fully saturated rings. The number of carbonyl (C=O) groups is 3. The number of nitrogens with two attached hydrogens (primary N) is 1. The van der Waals surface area contributed by atoms with Gasteiger partial charge >= 0.3 is 11.9 Å². The maximum Gasteiger partial charge on any atom is 0.351 e. The van der Waals surface area contributed by atoms with Gasteiger partial charge in [0.05, 0.1) is 52.0 Å². The van der Waals surface area contributed by atoms with Crippen molar-refractivity contribution in [2.24, 2.45) is 11.7 Å². The number of carbonyl (C=O) groups excluding carboxylic acids is 3. The summed E-state index contributed by atoms with van der Waals surface area (Å²) in [6, 6.07) is 17.0. The fraction of sp³-hybridized carbons (Fsp3) is 0.278. The molecule has 10 nitrogen and oxygen atoms in total. The van der Waals surface area contributed by atoms with Crippen LogP contribution in [0.3, 0.4) is 0 Å². The monoisotopic (exact) mass is 782 g/mol. The van der Waals surface area contributed by atoms with Crippen molar-refractivity contribution in [2.45, 2.75) is 77.5 Å². The number of esters is 2. The minimum Gasteiger partial charge on any atom is -0.486 e. The Morgan fingerprint density at radius 2 is 1.41 bits per heavy atom. The molecule has 51 heavy (non-hydrogen) atoms. The van der Waals surface area contributed by atoms with E-state index in [1.54, 1.807) is 25.1 Å². The van der Waals surface area contributed by atoms with Gasteiger partial charge in [-0.05, 0) is 37.5 Å². The van der Waals surface area contributed by atoms with E-state index in [1.165, 1.54) is 12.1 Å². The van der Waals surface area contributed by atoms with Gasteiger partial charge in [-0.3, -0.25) is 9.59 Å². The molecule has 0 aromatic heterocycles. The summed E-state index contributed by atoms with van der Waals surface area (Å²) in [6.45, 7) is 13.2. The molecule has 2 N–H and O–H groups in total. The molecule has 5 rings (SSSR count). The number of nitrogens with zero attached hydrogens (tertiary/aromatic N) is 1. The van der Waals surface area contributed by atoms with E-state index < -0.39 is 38.5 Å². The number of thioether (sulfide) groups is 4. The van der Waals surface area contributed by atoms with Crippen molar-refractivity contribution in [3.8, 4) is 11.5 Å². The molecule has 1 atom stereocenters. The highest BCUT2D eigenvalue weighted by Gasteiger charge is 2.43. The highest BCUT2D eigenvalue weighted by Crippen LogP contribution is 2.69. The Morgan fingerprint density at radius 1 is 0.843 bits per heavy atom. The average Bonchev–Trinajstić information content (AvgIpc) is 3.75. The summed E-state index contributed by atoms with van der Waals surface area (Å²) in [5.41, 5.74) is 6.14. The third-order valence-corrected chi connectivity index (χ3v) is 14.9. The van der Waals surface area contributed by atoms with Gasteiger partial charge < -0.3 is 19.9 Å². The van der Waals surface area contributed by atoms with E-state index >= 15 is 0 Å². The molecule has 0 saturated heterocycles. The number of amides is 1. The first-order chi connectivity index (χ1) is 24.5. The lowest BCUT2D eigenvalue weighted by atomic mass is 10.00. The zero-order valence-electron chi connectivity index (χ0n) is 27.9. The molecule has 0 aliphatic carbocycles.